The molecule has 0 fully saturated rings. The highest BCUT2D eigenvalue weighted by molar-refractivity contribution is 5.94. The summed E-state index contributed by atoms with van der Waals surface area (Å²) in [4.78, 5) is 22.4. The summed E-state index contributed by atoms with van der Waals surface area (Å²) in [6.07, 6.45) is 2.74. The minimum atomic E-state index is -0.569. The van der Waals surface area contributed by atoms with Crippen LogP contribution in [-0.4, -0.2) is 37.3 Å². The van der Waals surface area contributed by atoms with Gasteiger partial charge in [0.25, 0.3) is 0 Å². The average molecular weight is 425 g/mol. The Morgan fingerprint density at radius 3 is 2.45 bits per heavy atom. The van der Waals surface area contributed by atoms with E-state index in [1.54, 1.807) is 25.3 Å². The number of methoxy groups -OCH3 is 3. The molecule has 4 rings (SSSR count). The first-order valence-electron chi connectivity index (χ1n) is 9.38. The second-order valence-electron chi connectivity index (χ2n) is 6.78. The standard InChI is InChI=1S/C22H20FN3O5/c1-28-19-7-14-11-26(21-16(22(27)30-3)9-24-12-25-21)10-13-6-15(23)4-5-17(13)31-18(14)8-20(19)29-2/h4-9,12H,10-11H2,1-3H3. The monoisotopic (exact) mass is 425 g/mol. The minimum Gasteiger partial charge on any atom is -0.493 e. The molecule has 8 nitrogen and oxygen atoms in total. The van der Waals surface area contributed by atoms with E-state index in [1.807, 2.05) is 4.90 Å². The predicted molar refractivity (Wildman–Crippen MR) is 109 cm³/mol. The lowest BCUT2D eigenvalue weighted by Gasteiger charge is -2.30. The highest BCUT2D eigenvalue weighted by atomic mass is 19.1. The van der Waals surface area contributed by atoms with Crippen LogP contribution >= 0.6 is 0 Å². The van der Waals surface area contributed by atoms with Crippen molar-refractivity contribution in [1.29, 1.82) is 0 Å². The number of hydrogen-bond acceptors (Lipinski definition) is 8. The van der Waals surface area contributed by atoms with Gasteiger partial charge in [0.1, 0.15) is 35.0 Å². The second kappa shape index (κ2) is 8.47. The Morgan fingerprint density at radius 1 is 1.03 bits per heavy atom. The van der Waals surface area contributed by atoms with Crippen LogP contribution < -0.4 is 19.1 Å². The zero-order chi connectivity index (χ0) is 22.0. The molecule has 0 saturated heterocycles. The number of halogens is 1. The van der Waals surface area contributed by atoms with Gasteiger partial charge >= 0.3 is 5.97 Å². The molecule has 0 N–H and O–H groups in total. The van der Waals surface area contributed by atoms with Crippen LogP contribution in [0.25, 0.3) is 0 Å². The Kier molecular flexibility index (Phi) is 5.57. The van der Waals surface area contributed by atoms with Gasteiger partial charge in [-0.3, -0.25) is 0 Å². The van der Waals surface area contributed by atoms with E-state index in [9.17, 15) is 9.18 Å². The summed E-state index contributed by atoms with van der Waals surface area (Å²) in [6, 6.07) is 7.80. The van der Waals surface area contributed by atoms with E-state index in [2.05, 4.69) is 9.97 Å². The highest BCUT2D eigenvalue weighted by Gasteiger charge is 2.25. The molecule has 0 radical (unpaired) electrons. The number of rotatable bonds is 4. The number of carbonyl (C=O) groups excluding carboxylic acids is 1. The number of nitrogens with zero attached hydrogens (tertiary/aromatic N) is 3. The number of hydrogen-bond donors (Lipinski definition) is 0. The van der Waals surface area contributed by atoms with Crippen LogP contribution in [-0.2, 0) is 17.8 Å². The van der Waals surface area contributed by atoms with Crippen molar-refractivity contribution in [3.8, 4) is 23.0 Å². The zero-order valence-corrected chi connectivity index (χ0v) is 17.2. The summed E-state index contributed by atoms with van der Waals surface area (Å²) in [5.41, 5.74) is 1.56. The fourth-order valence-corrected chi connectivity index (χ4v) is 3.46. The smallest absolute Gasteiger partial charge is 0.343 e. The number of carbonyl (C=O) groups is 1. The minimum absolute atomic E-state index is 0.200. The lowest BCUT2D eigenvalue weighted by atomic mass is 10.1. The third-order valence-electron chi connectivity index (χ3n) is 4.93. The predicted octanol–water partition coefficient (Wildman–Crippen LogP) is 3.73. The Labute approximate surface area is 178 Å². The van der Waals surface area contributed by atoms with Gasteiger partial charge in [-0.05, 0) is 24.3 Å². The molecule has 0 aliphatic carbocycles. The van der Waals surface area contributed by atoms with Gasteiger partial charge in [-0.1, -0.05) is 0 Å². The highest BCUT2D eigenvalue weighted by Crippen LogP contribution is 2.41. The van der Waals surface area contributed by atoms with E-state index < -0.39 is 11.8 Å². The molecule has 9 heteroatoms. The molecule has 1 aromatic heterocycles. The second-order valence-corrected chi connectivity index (χ2v) is 6.78. The topological polar surface area (TPSA) is 83.0 Å². The average Bonchev–Trinajstić information content (AvgIpc) is 2.78. The number of ether oxygens (including phenoxy) is 4. The number of benzene rings is 2. The molecule has 0 atom stereocenters. The summed E-state index contributed by atoms with van der Waals surface area (Å²) < 4.78 is 35.8. The summed E-state index contributed by atoms with van der Waals surface area (Å²) in [6.45, 7) is 0.536. The Balaban J connectivity index is 1.89. The molecular formula is C22H20FN3O5. The first-order chi connectivity index (χ1) is 15.0. The van der Waals surface area contributed by atoms with Crippen LogP contribution in [0.1, 0.15) is 21.5 Å². The Morgan fingerprint density at radius 2 is 1.74 bits per heavy atom. The summed E-state index contributed by atoms with van der Waals surface area (Å²) >= 11 is 0. The van der Waals surface area contributed by atoms with Gasteiger partial charge in [0, 0.05) is 36.5 Å². The van der Waals surface area contributed by atoms with Gasteiger partial charge in [-0.2, -0.15) is 0 Å². The molecule has 2 heterocycles. The molecule has 160 valence electrons. The number of esters is 1. The van der Waals surface area contributed by atoms with Gasteiger partial charge in [0.15, 0.2) is 11.5 Å². The Bertz CT molecular complexity index is 1140. The zero-order valence-electron chi connectivity index (χ0n) is 17.2. The number of anilines is 1. The van der Waals surface area contributed by atoms with Crippen LogP contribution in [0.15, 0.2) is 42.9 Å². The van der Waals surface area contributed by atoms with Crippen molar-refractivity contribution < 1.29 is 28.1 Å². The maximum absolute atomic E-state index is 14.0. The molecule has 0 saturated carbocycles. The maximum atomic E-state index is 14.0. The fraction of sp³-hybridized carbons (Fsp3) is 0.227. The van der Waals surface area contributed by atoms with E-state index >= 15 is 0 Å². The molecule has 1 aliphatic rings. The van der Waals surface area contributed by atoms with Crippen LogP contribution in [0, 0.1) is 5.82 Å². The van der Waals surface area contributed by atoms with E-state index in [1.165, 1.54) is 38.9 Å². The summed E-state index contributed by atoms with van der Waals surface area (Å²) in [5.74, 6) is 1.42. The van der Waals surface area contributed by atoms with Crippen LogP contribution in [0.2, 0.25) is 0 Å². The molecule has 3 aromatic rings. The fourth-order valence-electron chi connectivity index (χ4n) is 3.46. The molecule has 1 aliphatic heterocycles. The van der Waals surface area contributed by atoms with Crippen LogP contribution in [0.5, 0.6) is 23.0 Å². The van der Waals surface area contributed by atoms with Crippen LogP contribution in [0.3, 0.4) is 0 Å². The van der Waals surface area contributed by atoms with E-state index in [4.69, 9.17) is 18.9 Å². The SMILES string of the molecule is COC(=O)c1cncnc1N1Cc2cc(F)ccc2Oc2cc(OC)c(OC)cc2C1. The van der Waals surface area contributed by atoms with Crippen molar-refractivity contribution >= 4 is 11.8 Å². The van der Waals surface area contributed by atoms with Gasteiger partial charge < -0.3 is 23.8 Å². The maximum Gasteiger partial charge on any atom is 0.343 e. The van der Waals surface area contributed by atoms with Gasteiger partial charge in [-0.25, -0.2) is 19.2 Å². The molecule has 0 amide bonds. The molecule has 0 spiro atoms. The Hall–Kier alpha value is -3.88. The first kappa shape index (κ1) is 20.4. The van der Waals surface area contributed by atoms with Crippen LogP contribution in [0.4, 0.5) is 10.2 Å². The molecule has 31 heavy (non-hydrogen) atoms. The van der Waals surface area contributed by atoms with E-state index in [-0.39, 0.29) is 12.1 Å². The molecule has 0 unspecified atom stereocenters. The molecular weight excluding hydrogens is 405 g/mol. The lowest BCUT2D eigenvalue weighted by Crippen LogP contribution is -2.27. The van der Waals surface area contributed by atoms with E-state index in [0.717, 1.165) is 5.56 Å². The van der Waals surface area contributed by atoms with Crippen molar-refractivity contribution in [2.45, 2.75) is 13.1 Å². The first-order valence-corrected chi connectivity index (χ1v) is 9.38. The van der Waals surface area contributed by atoms with Crippen molar-refractivity contribution in [1.82, 2.24) is 9.97 Å². The normalized spacial score (nSPS) is 12.6. The van der Waals surface area contributed by atoms with E-state index in [0.29, 0.717) is 40.9 Å². The van der Waals surface area contributed by atoms with Gasteiger partial charge in [-0.15, -0.1) is 0 Å². The number of aromatic nitrogens is 2. The molecule has 2 aromatic carbocycles. The largest absolute Gasteiger partial charge is 0.493 e. The van der Waals surface area contributed by atoms with Gasteiger partial charge in [0.05, 0.1) is 21.3 Å². The lowest BCUT2D eigenvalue weighted by molar-refractivity contribution is 0.0600. The summed E-state index contributed by atoms with van der Waals surface area (Å²) in [7, 11) is 4.37. The molecule has 0 bridgehead atoms. The third kappa shape index (κ3) is 3.94. The van der Waals surface area contributed by atoms with Crippen molar-refractivity contribution in [2.75, 3.05) is 26.2 Å². The number of fused-ring (bicyclic) bond motifs is 2. The third-order valence-corrected chi connectivity index (χ3v) is 4.93. The van der Waals surface area contributed by atoms with Crippen molar-refractivity contribution in [3.05, 3.63) is 65.4 Å². The van der Waals surface area contributed by atoms with Crippen molar-refractivity contribution in [3.63, 3.8) is 0 Å². The van der Waals surface area contributed by atoms with Crippen molar-refractivity contribution in [2.24, 2.45) is 0 Å². The van der Waals surface area contributed by atoms with Gasteiger partial charge in [0.2, 0.25) is 0 Å². The summed E-state index contributed by atoms with van der Waals surface area (Å²) in [5, 5.41) is 0. The quantitative estimate of drug-likeness (QED) is 0.585.